The van der Waals surface area contributed by atoms with Crippen molar-refractivity contribution in [1.82, 2.24) is 9.80 Å². The second-order valence-electron chi connectivity index (χ2n) is 7.16. The molecular weight excluding hydrogens is 454 g/mol. The topological polar surface area (TPSA) is 52.7 Å². The first kappa shape index (κ1) is 23.4. The highest BCUT2D eigenvalue weighted by Crippen LogP contribution is 2.32. The Morgan fingerprint density at radius 3 is 2.32 bits per heavy atom. The van der Waals surface area contributed by atoms with Gasteiger partial charge in [-0.05, 0) is 37.3 Å². The van der Waals surface area contributed by atoms with Gasteiger partial charge >= 0.3 is 6.18 Å². The van der Waals surface area contributed by atoms with Gasteiger partial charge in [0.1, 0.15) is 0 Å². The lowest BCUT2D eigenvalue weighted by atomic mass is 10.1. The molecule has 1 aliphatic rings. The SMILES string of the molecule is CC(C(=O)Nc1cc(Cl)ccc1Cl)N1CCN(C(=O)c2ccccc2C(F)(F)F)CC1. The molecule has 0 aliphatic carbocycles. The van der Waals surface area contributed by atoms with E-state index in [-0.39, 0.29) is 24.6 Å². The predicted octanol–water partition coefficient (Wildman–Crippen LogP) is 4.80. The Morgan fingerprint density at radius 2 is 1.68 bits per heavy atom. The van der Waals surface area contributed by atoms with Gasteiger partial charge in [-0.2, -0.15) is 13.2 Å². The highest BCUT2D eigenvalue weighted by Gasteiger charge is 2.36. The van der Waals surface area contributed by atoms with Crippen LogP contribution in [-0.4, -0.2) is 53.8 Å². The maximum absolute atomic E-state index is 13.2. The second-order valence-corrected chi connectivity index (χ2v) is 8.00. The number of nitrogens with one attached hydrogen (secondary N) is 1. The molecule has 1 unspecified atom stereocenters. The predicted molar refractivity (Wildman–Crippen MR) is 113 cm³/mol. The van der Waals surface area contributed by atoms with Crippen molar-refractivity contribution in [2.45, 2.75) is 19.1 Å². The summed E-state index contributed by atoms with van der Waals surface area (Å²) in [7, 11) is 0. The van der Waals surface area contributed by atoms with Crippen molar-refractivity contribution in [3.8, 4) is 0 Å². The van der Waals surface area contributed by atoms with E-state index in [1.165, 1.54) is 23.1 Å². The van der Waals surface area contributed by atoms with Crippen LogP contribution in [0.15, 0.2) is 42.5 Å². The first-order chi connectivity index (χ1) is 14.6. The minimum atomic E-state index is -4.61. The van der Waals surface area contributed by atoms with Crippen molar-refractivity contribution in [3.05, 3.63) is 63.6 Å². The summed E-state index contributed by atoms with van der Waals surface area (Å²) in [6.07, 6.45) is -4.61. The lowest BCUT2D eigenvalue weighted by Gasteiger charge is -2.37. The smallest absolute Gasteiger partial charge is 0.336 e. The van der Waals surface area contributed by atoms with E-state index >= 15 is 0 Å². The zero-order chi connectivity index (χ0) is 22.8. The molecule has 31 heavy (non-hydrogen) atoms. The molecule has 0 radical (unpaired) electrons. The Morgan fingerprint density at radius 1 is 1.03 bits per heavy atom. The van der Waals surface area contributed by atoms with Crippen molar-refractivity contribution in [2.75, 3.05) is 31.5 Å². The van der Waals surface area contributed by atoms with Gasteiger partial charge in [0.2, 0.25) is 5.91 Å². The normalized spacial score (nSPS) is 16.1. The monoisotopic (exact) mass is 473 g/mol. The summed E-state index contributed by atoms with van der Waals surface area (Å²) in [5.74, 6) is -0.971. The van der Waals surface area contributed by atoms with Crippen LogP contribution in [-0.2, 0) is 11.0 Å². The van der Waals surface area contributed by atoms with Crippen LogP contribution < -0.4 is 5.32 Å². The number of anilines is 1. The number of nitrogens with zero attached hydrogens (tertiary/aromatic N) is 2. The van der Waals surface area contributed by atoms with E-state index < -0.39 is 23.7 Å². The number of halogens is 5. The molecular formula is C21H20Cl2F3N3O2. The molecule has 1 N–H and O–H groups in total. The summed E-state index contributed by atoms with van der Waals surface area (Å²) in [5.41, 5.74) is -0.929. The molecule has 2 amide bonds. The third kappa shape index (κ3) is 5.50. The molecule has 10 heteroatoms. The molecule has 1 atom stereocenters. The van der Waals surface area contributed by atoms with E-state index in [9.17, 15) is 22.8 Å². The summed E-state index contributed by atoms with van der Waals surface area (Å²) in [6.45, 7) is 2.82. The van der Waals surface area contributed by atoms with Crippen molar-refractivity contribution < 1.29 is 22.8 Å². The highest BCUT2D eigenvalue weighted by molar-refractivity contribution is 6.35. The van der Waals surface area contributed by atoms with Gasteiger partial charge in [0.15, 0.2) is 0 Å². The lowest BCUT2D eigenvalue weighted by Crippen LogP contribution is -2.54. The van der Waals surface area contributed by atoms with Gasteiger partial charge < -0.3 is 10.2 Å². The van der Waals surface area contributed by atoms with E-state index in [1.54, 1.807) is 25.1 Å². The van der Waals surface area contributed by atoms with Gasteiger partial charge in [-0.1, -0.05) is 35.3 Å². The minimum Gasteiger partial charge on any atom is -0.336 e. The first-order valence-electron chi connectivity index (χ1n) is 9.53. The molecule has 166 valence electrons. The number of benzene rings is 2. The number of amides is 2. The number of hydrogen-bond donors (Lipinski definition) is 1. The third-order valence-electron chi connectivity index (χ3n) is 5.18. The highest BCUT2D eigenvalue weighted by atomic mass is 35.5. The van der Waals surface area contributed by atoms with Crippen molar-refractivity contribution >= 4 is 40.7 Å². The molecule has 1 fully saturated rings. The van der Waals surface area contributed by atoms with Crippen molar-refractivity contribution in [2.24, 2.45) is 0 Å². The molecule has 1 saturated heterocycles. The van der Waals surface area contributed by atoms with Crippen LogP contribution in [0.4, 0.5) is 18.9 Å². The fourth-order valence-electron chi connectivity index (χ4n) is 3.40. The van der Waals surface area contributed by atoms with E-state index in [4.69, 9.17) is 23.2 Å². The molecule has 0 aromatic heterocycles. The molecule has 2 aromatic carbocycles. The summed E-state index contributed by atoms with van der Waals surface area (Å²) in [5, 5.41) is 3.51. The number of carbonyl (C=O) groups is 2. The van der Waals surface area contributed by atoms with E-state index in [1.807, 2.05) is 4.90 Å². The van der Waals surface area contributed by atoms with Crippen LogP contribution in [0.3, 0.4) is 0 Å². The van der Waals surface area contributed by atoms with E-state index in [2.05, 4.69) is 5.32 Å². The lowest BCUT2D eigenvalue weighted by molar-refractivity contribution is -0.138. The van der Waals surface area contributed by atoms with Crippen LogP contribution in [0.5, 0.6) is 0 Å². The van der Waals surface area contributed by atoms with E-state index in [0.29, 0.717) is 28.8 Å². The summed E-state index contributed by atoms with van der Waals surface area (Å²) < 4.78 is 39.7. The van der Waals surface area contributed by atoms with Gasteiger partial charge in [-0.3, -0.25) is 14.5 Å². The van der Waals surface area contributed by atoms with Crippen molar-refractivity contribution in [3.63, 3.8) is 0 Å². The molecule has 1 aliphatic heterocycles. The van der Waals surface area contributed by atoms with Crippen LogP contribution in [0.2, 0.25) is 10.0 Å². The maximum atomic E-state index is 13.2. The number of rotatable bonds is 4. The quantitative estimate of drug-likeness (QED) is 0.693. The Hall–Kier alpha value is -2.29. The Kier molecular flexibility index (Phi) is 7.13. The maximum Gasteiger partial charge on any atom is 0.417 e. The average molecular weight is 474 g/mol. The van der Waals surface area contributed by atoms with Crippen LogP contribution >= 0.6 is 23.2 Å². The van der Waals surface area contributed by atoms with Crippen LogP contribution in [0.25, 0.3) is 0 Å². The zero-order valence-corrected chi connectivity index (χ0v) is 18.1. The van der Waals surface area contributed by atoms with Gasteiger partial charge in [0.25, 0.3) is 5.91 Å². The van der Waals surface area contributed by atoms with Gasteiger partial charge in [-0.15, -0.1) is 0 Å². The zero-order valence-electron chi connectivity index (χ0n) is 16.5. The third-order valence-corrected chi connectivity index (χ3v) is 5.74. The number of alkyl halides is 3. The standard InChI is InChI=1S/C21H20Cl2F3N3O2/c1-13(19(30)27-18-12-14(22)6-7-17(18)23)28-8-10-29(11-9-28)20(31)15-4-2-3-5-16(15)21(24,25)26/h2-7,12-13H,8-11H2,1H3,(H,27,30). The second kappa shape index (κ2) is 9.46. The average Bonchev–Trinajstić information content (AvgIpc) is 2.74. The van der Waals surface area contributed by atoms with Crippen LogP contribution in [0.1, 0.15) is 22.8 Å². The summed E-state index contributed by atoms with van der Waals surface area (Å²) in [4.78, 5) is 28.5. The Bertz CT molecular complexity index is 977. The number of carbonyl (C=O) groups excluding carboxylic acids is 2. The van der Waals surface area contributed by atoms with E-state index in [0.717, 1.165) is 6.07 Å². The molecule has 3 rings (SSSR count). The number of hydrogen-bond acceptors (Lipinski definition) is 3. The molecule has 0 spiro atoms. The molecule has 0 saturated carbocycles. The van der Waals surface area contributed by atoms with Crippen molar-refractivity contribution in [1.29, 1.82) is 0 Å². The van der Waals surface area contributed by atoms with Crippen LogP contribution in [0, 0.1) is 0 Å². The summed E-state index contributed by atoms with van der Waals surface area (Å²) >= 11 is 12.0. The largest absolute Gasteiger partial charge is 0.417 e. The minimum absolute atomic E-state index is 0.209. The Balaban J connectivity index is 1.62. The molecule has 1 heterocycles. The fourth-order valence-corrected chi connectivity index (χ4v) is 3.73. The fraction of sp³-hybridized carbons (Fsp3) is 0.333. The number of piperazine rings is 1. The molecule has 0 bridgehead atoms. The van der Waals surface area contributed by atoms with Gasteiger partial charge in [-0.25, -0.2) is 0 Å². The molecule has 2 aromatic rings. The molecule has 5 nitrogen and oxygen atoms in total. The Labute approximate surface area is 187 Å². The summed E-state index contributed by atoms with van der Waals surface area (Å²) in [6, 6.07) is 8.94. The van der Waals surface area contributed by atoms with Gasteiger partial charge in [0, 0.05) is 31.2 Å². The first-order valence-corrected chi connectivity index (χ1v) is 10.3. The van der Waals surface area contributed by atoms with Gasteiger partial charge in [0.05, 0.1) is 27.9 Å².